The van der Waals surface area contributed by atoms with Crippen LogP contribution in [0.3, 0.4) is 0 Å². The van der Waals surface area contributed by atoms with Crippen molar-refractivity contribution >= 4 is 46.0 Å². The normalized spacial score (nSPS) is 10.5. The Morgan fingerprint density at radius 2 is 1.78 bits per heavy atom. The molecule has 0 spiro atoms. The van der Waals surface area contributed by atoms with Crippen molar-refractivity contribution in [1.29, 1.82) is 0 Å². The van der Waals surface area contributed by atoms with E-state index in [4.69, 9.17) is 11.6 Å². The van der Waals surface area contributed by atoms with Gasteiger partial charge in [0.2, 0.25) is 5.78 Å². The highest BCUT2D eigenvalue weighted by molar-refractivity contribution is 7.16. The molecule has 0 saturated carbocycles. The Morgan fingerprint density at radius 1 is 1.00 bits per heavy atom. The Hall–Kier alpha value is -1.95. The first kappa shape index (κ1) is 15.9. The summed E-state index contributed by atoms with van der Waals surface area (Å²) in [5.74, 6) is -0.138. The second-order valence-corrected chi connectivity index (χ2v) is 7.31. The van der Waals surface area contributed by atoms with Crippen LogP contribution in [-0.2, 0) is 6.54 Å². The number of nitrogens with one attached hydrogen (secondary N) is 1. The van der Waals surface area contributed by atoms with Gasteiger partial charge >= 0.3 is 0 Å². The van der Waals surface area contributed by atoms with Crippen LogP contribution in [0.15, 0.2) is 53.9 Å². The third kappa shape index (κ3) is 3.88. The summed E-state index contributed by atoms with van der Waals surface area (Å²) in [5, 5.41) is 5.32. The van der Waals surface area contributed by atoms with Gasteiger partial charge in [0.15, 0.2) is 0 Å². The quantitative estimate of drug-likeness (QED) is 0.674. The average Bonchev–Trinajstić information content (AvgIpc) is 3.24. The topological polar surface area (TPSA) is 46.2 Å². The smallest absolute Gasteiger partial charge is 0.251 e. The number of carbonyl (C=O) groups is 2. The van der Waals surface area contributed by atoms with Crippen molar-refractivity contribution in [2.24, 2.45) is 0 Å². The van der Waals surface area contributed by atoms with E-state index in [0.29, 0.717) is 22.0 Å². The van der Waals surface area contributed by atoms with Crippen molar-refractivity contribution in [3.63, 3.8) is 0 Å². The number of hydrogen-bond donors (Lipinski definition) is 1. The molecule has 3 nitrogen and oxygen atoms in total. The first-order valence-corrected chi connectivity index (χ1v) is 8.91. The maximum atomic E-state index is 12.2. The molecule has 2 aromatic heterocycles. The van der Waals surface area contributed by atoms with Gasteiger partial charge in [-0.05, 0) is 47.8 Å². The lowest BCUT2D eigenvalue weighted by Gasteiger charge is -2.03. The highest BCUT2D eigenvalue weighted by Crippen LogP contribution is 2.22. The molecule has 23 heavy (non-hydrogen) atoms. The third-order valence-corrected chi connectivity index (χ3v) is 5.36. The van der Waals surface area contributed by atoms with Crippen LogP contribution in [-0.4, -0.2) is 11.7 Å². The fourth-order valence-corrected chi connectivity index (χ4v) is 3.76. The van der Waals surface area contributed by atoms with Crippen LogP contribution in [0.2, 0.25) is 5.02 Å². The molecule has 0 aliphatic heterocycles. The van der Waals surface area contributed by atoms with E-state index in [1.807, 2.05) is 23.6 Å². The molecule has 1 amide bonds. The van der Waals surface area contributed by atoms with E-state index in [9.17, 15) is 9.59 Å². The van der Waals surface area contributed by atoms with Gasteiger partial charge in [0.25, 0.3) is 5.91 Å². The highest BCUT2D eigenvalue weighted by Gasteiger charge is 2.13. The molecule has 0 unspecified atom stereocenters. The predicted octanol–water partition coefficient (Wildman–Crippen LogP) is 4.62. The molecule has 1 N–H and O–H groups in total. The molecular formula is C17H12ClNO2S2. The molecule has 1 aromatic carbocycles. The van der Waals surface area contributed by atoms with Crippen molar-refractivity contribution in [2.45, 2.75) is 6.54 Å². The standard InChI is InChI=1S/C17H12ClNO2S2/c18-12-5-3-11(4-6-12)17(21)19-10-13-7-8-15(23-13)16(20)14-2-1-9-22-14/h1-9H,10H2,(H,19,21). The number of hydrogen-bond acceptors (Lipinski definition) is 4. The lowest BCUT2D eigenvalue weighted by molar-refractivity contribution is 0.0950. The predicted molar refractivity (Wildman–Crippen MR) is 94.7 cm³/mol. The second-order valence-electron chi connectivity index (χ2n) is 4.76. The summed E-state index contributed by atoms with van der Waals surface area (Å²) in [7, 11) is 0. The minimum Gasteiger partial charge on any atom is -0.347 e. The Morgan fingerprint density at radius 3 is 2.48 bits per heavy atom. The van der Waals surface area contributed by atoms with Gasteiger partial charge in [-0.3, -0.25) is 9.59 Å². The highest BCUT2D eigenvalue weighted by atomic mass is 35.5. The summed E-state index contributed by atoms with van der Waals surface area (Å²) < 4.78 is 0. The first-order chi connectivity index (χ1) is 11.1. The van der Waals surface area contributed by atoms with Crippen LogP contribution in [0, 0.1) is 0 Å². The van der Waals surface area contributed by atoms with Crippen molar-refractivity contribution in [3.8, 4) is 0 Å². The molecule has 0 saturated heterocycles. The number of ketones is 1. The van der Waals surface area contributed by atoms with Gasteiger partial charge in [0, 0.05) is 15.5 Å². The molecule has 0 aliphatic rings. The summed E-state index contributed by atoms with van der Waals surface area (Å²) in [5.41, 5.74) is 0.556. The first-order valence-electron chi connectivity index (χ1n) is 6.84. The minimum absolute atomic E-state index is 0.0280. The van der Waals surface area contributed by atoms with Crippen LogP contribution >= 0.6 is 34.3 Å². The van der Waals surface area contributed by atoms with E-state index >= 15 is 0 Å². The number of benzene rings is 1. The molecule has 2 heterocycles. The molecule has 6 heteroatoms. The van der Waals surface area contributed by atoms with Gasteiger partial charge in [-0.25, -0.2) is 0 Å². The van der Waals surface area contributed by atoms with Crippen LogP contribution in [0.4, 0.5) is 0 Å². The number of thiophene rings is 2. The lowest BCUT2D eigenvalue weighted by Crippen LogP contribution is -2.22. The van der Waals surface area contributed by atoms with Crippen molar-refractivity contribution in [1.82, 2.24) is 5.32 Å². The molecule has 0 aliphatic carbocycles. The Labute approximate surface area is 146 Å². The zero-order chi connectivity index (χ0) is 16.2. The second kappa shape index (κ2) is 7.08. The average molecular weight is 362 g/mol. The van der Waals surface area contributed by atoms with E-state index in [-0.39, 0.29) is 11.7 Å². The molecule has 0 bridgehead atoms. The van der Waals surface area contributed by atoms with E-state index in [0.717, 1.165) is 9.75 Å². The van der Waals surface area contributed by atoms with Gasteiger partial charge < -0.3 is 5.32 Å². The largest absolute Gasteiger partial charge is 0.347 e. The van der Waals surface area contributed by atoms with E-state index in [2.05, 4.69) is 5.32 Å². The number of halogens is 1. The van der Waals surface area contributed by atoms with Crippen LogP contribution < -0.4 is 5.32 Å². The number of amides is 1. The molecule has 0 radical (unpaired) electrons. The summed E-state index contributed by atoms with van der Waals surface area (Å²) in [6, 6.07) is 14.1. The molecule has 3 rings (SSSR count). The molecule has 3 aromatic rings. The summed E-state index contributed by atoms with van der Waals surface area (Å²) in [6.45, 7) is 0.393. The Bertz CT molecular complexity index is 823. The van der Waals surface area contributed by atoms with Crippen molar-refractivity contribution < 1.29 is 9.59 Å². The van der Waals surface area contributed by atoms with Gasteiger partial charge in [-0.15, -0.1) is 22.7 Å². The fraction of sp³-hybridized carbons (Fsp3) is 0.0588. The molecule has 116 valence electrons. The summed E-state index contributed by atoms with van der Waals surface area (Å²) in [4.78, 5) is 26.6. The third-order valence-electron chi connectivity index (χ3n) is 3.16. The Kier molecular flexibility index (Phi) is 4.91. The zero-order valence-electron chi connectivity index (χ0n) is 11.9. The molecule has 0 fully saturated rings. The van der Waals surface area contributed by atoms with Crippen LogP contribution in [0.25, 0.3) is 0 Å². The SMILES string of the molecule is O=C(NCc1ccc(C(=O)c2cccs2)s1)c1ccc(Cl)cc1. The molecule has 0 atom stereocenters. The van der Waals surface area contributed by atoms with Gasteiger partial charge in [-0.2, -0.15) is 0 Å². The fourth-order valence-electron chi connectivity index (χ4n) is 1.99. The van der Waals surface area contributed by atoms with E-state index in [1.54, 1.807) is 30.3 Å². The Balaban J connectivity index is 1.62. The van der Waals surface area contributed by atoms with Gasteiger partial charge in [0.1, 0.15) is 0 Å². The van der Waals surface area contributed by atoms with E-state index in [1.165, 1.54) is 22.7 Å². The van der Waals surface area contributed by atoms with Gasteiger partial charge in [-0.1, -0.05) is 17.7 Å². The van der Waals surface area contributed by atoms with Crippen LogP contribution in [0.5, 0.6) is 0 Å². The van der Waals surface area contributed by atoms with Gasteiger partial charge in [0.05, 0.1) is 16.3 Å². The van der Waals surface area contributed by atoms with Crippen molar-refractivity contribution in [3.05, 3.63) is 79.1 Å². The molecular weight excluding hydrogens is 350 g/mol. The summed E-state index contributed by atoms with van der Waals surface area (Å²) in [6.07, 6.45) is 0. The summed E-state index contributed by atoms with van der Waals surface area (Å²) >= 11 is 8.63. The maximum absolute atomic E-state index is 12.2. The van der Waals surface area contributed by atoms with Crippen LogP contribution in [0.1, 0.15) is 29.8 Å². The lowest BCUT2D eigenvalue weighted by atomic mass is 10.2. The van der Waals surface area contributed by atoms with E-state index < -0.39 is 0 Å². The zero-order valence-corrected chi connectivity index (χ0v) is 14.3. The van der Waals surface area contributed by atoms with Crippen molar-refractivity contribution in [2.75, 3.05) is 0 Å². The monoisotopic (exact) mass is 361 g/mol. The maximum Gasteiger partial charge on any atom is 0.251 e. The number of rotatable bonds is 5. The minimum atomic E-state index is -0.166. The number of carbonyl (C=O) groups excluding carboxylic acids is 2.